The molecule has 0 aliphatic carbocycles. The van der Waals surface area contributed by atoms with Crippen LogP contribution in [-0.2, 0) is 16.1 Å². The van der Waals surface area contributed by atoms with Crippen molar-refractivity contribution in [3.63, 3.8) is 0 Å². The lowest BCUT2D eigenvalue weighted by Gasteiger charge is -2.22. The van der Waals surface area contributed by atoms with E-state index in [-0.39, 0.29) is 17.9 Å². The van der Waals surface area contributed by atoms with Crippen molar-refractivity contribution in [2.75, 3.05) is 25.6 Å². The van der Waals surface area contributed by atoms with E-state index >= 15 is 0 Å². The Balaban J connectivity index is 2.52. The smallest absolute Gasteiger partial charge is 0.325 e. The number of halogens is 2. The van der Waals surface area contributed by atoms with E-state index in [4.69, 9.17) is 16.3 Å². The SMILES string of the molecule is CCOC(=O)Cn1c2cc(Br)ccc2c(=O)c2ccc(Cl)c(N(C)C)c21. The minimum Gasteiger partial charge on any atom is -0.465 e. The molecule has 0 atom stereocenters. The van der Waals surface area contributed by atoms with Crippen LogP contribution in [-0.4, -0.2) is 31.2 Å². The summed E-state index contributed by atoms with van der Waals surface area (Å²) in [5.41, 5.74) is 1.86. The second-order valence-electron chi connectivity index (χ2n) is 6.07. The van der Waals surface area contributed by atoms with Crippen molar-refractivity contribution >= 4 is 61.0 Å². The first kappa shape index (κ1) is 18.7. The Morgan fingerprint density at radius 3 is 2.58 bits per heavy atom. The fourth-order valence-corrected chi connectivity index (χ4v) is 3.79. The standard InChI is InChI=1S/C19H18BrClN2O3/c1-4-26-16(24)10-23-15-9-11(20)5-6-12(15)19(25)13-7-8-14(21)18(17(13)23)22(2)3/h5-9H,4,10H2,1-3H3. The first-order chi connectivity index (χ1) is 12.3. The third-order valence-electron chi connectivity index (χ3n) is 4.15. The lowest BCUT2D eigenvalue weighted by molar-refractivity contribution is -0.143. The van der Waals surface area contributed by atoms with Gasteiger partial charge in [0.05, 0.1) is 28.4 Å². The Labute approximate surface area is 164 Å². The molecular weight excluding hydrogens is 420 g/mol. The van der Waals surface area contributed by atoms with Crippen LogP contribution < -0.4 is 10.3 Å². The summed E-state index contributed by atoms with van der Waals surface area (Å²) in [7, 11) is 3.70. The highest BCUT2D eigenvalue weighted by Gasteiger charge is 2.19. The van der Waals surface area contributed by atoms with Gasteiger partial charge in [0.15, 0.2) is 5.43 Å². The Kier molecular flexibility index (Phi) is 5.25. The maximum Gasteiger partial charge on any atom is 0.325 e. The van der Waals surface area contributed by atoms with Crippen LogP contribution >= 0.6 is 27.5 Å². The normalized spacial score (nSPS) is 11.1. The van der Waals surface area contributed by atoms with Crippen LogP contribution in [0.25, 0.3) is 21.8 Å². The number of rotatable bonds is 4. The topological polar surface area (TPSA) is 51.5 Å². The van der Waals surface area contributed by atoms with Gasteiger partial charge in [0.2, 0.25) is 0 Å². The number of hydrogen-bond acceptors (Lipinski definition) is 4. The number of benzene rings is 2. The number of anilines is 1. The summed E-state index contributed by atoms with van der Waals surface area (Å²) in [5.74, 6) is -0.372. The quantitative estimate of drug-likeness (QED) is 0.453. The molecule has 0 bridgehead atoms. The number of fused-ring (bicyclic) bond motifs is 2. The fraction of sp³-hybridized carbons (Fsp3) is 0.263. The molecule has 0 fully saturated rings. The van der Waals surface area contributed by atoms with Gasteiger partial charge >= 0.3 is 5.97 Å². The maximum atomic E-state index is 13.0. The predicted octanol–water partition coefficient (Wildman–Crippen LogP) is 4.20. The van der Waals surface area contributed by atoms with E-state index in [1.807, 2.05) is 31.1 Å². The summed E-state index contributed by atoms with van der Waals surface area (Å²) in [6.45, 7) is 2.04. The zero-order chi connectivity index (χ0) is 19.0. The molecule has 136 valence electrons. The van der Waals surface area contributed by atoms with Crippen molar-refractivity contribution in [1.82, 2.24) is 4.57 Å². The third-order valence-corrected chi connectivity index (χ3v) is 4.95. The monoisotopic (exact) mass is 436 g/mol. The van der Waals surface area contributed by atoms with Gasteiger partial charge in [0.1, 0.15) is 6.54 Å². The highest BCUT2D eigenvalue weighted by molar-refractivity contribution is 9.10. The van der Waals surface area contributed by atoms with Gasteiger partial charge in [-0.2, -0.15) is 0 Å². The van der Waals surface area contributed by atoms with Gasteiger partial charge in [-0.3, -0.25) is 9.59 Å². The molecule has 0 aliphatic rings. The van der Waals surface area contributed by atoms with Crippen LogP contribution in [0.4, 0.5) is 5.69 Å². The predicted molar refractivity (Wildman–Crippen MR) is 109 cm³/mol. The largest absolute Gasteiger partial charge is 0.465 e. The first-order valence-electron chi connectivity index (χ1n) is 8.12. The van der Waals surface area contributed by atoms with E-state index in [0.29, 0.717) is 39.1 Å². The highest BCUT2D eigenvalue weighted by atomic mass is 79.9. The summed E-state index contributed by atoms with van der Waals surface area (Å²) >= 11 is 9.87. The van der Waals surface area contributed by atoms with Crippen molar-refractivity contribution < 1.29 is 9.53 Å². The molecule has 1 heterocycles. The van der Waals surface area contributed by atoms with E-state index in [2.05, 4.69) is 15.9 Å². The Bertz CT molecular complexity index is 1080. The van der Waals surface area contributed by atoms with Crippen LogP contribution in [0, 0.1) is 0 Å². The number of pyridine rings is 1. The number of carbonyl (C=O) groups excluding carboxylic acids is 1. The molecule has 26 heavy (non-hydrogen) atoms. The molecule has 0 amide bonds. The average Bonchev–Trinajstić information content (AvgIpc) is 2.58. The zero-order valence-corrected chi connectivity index (χ0v) is 17.0. The Hall–Kier alpha value is -2.05. The minimum atomic E-state index is -0.372. The third kappa shape index (κ3) is 3.19. The summed E-state index contributed by atoms with van der Waals surface area (Å²) in [6.07, 6.45) is 0. The van der Waals surface area contributed by atoms with Crippen molar-refractivity contribution in [2.45, 2.75) is 13.5 Å². The van der Waals surface area contributed by atoms with E-state index in [9.17, 15) is 9.59 Å². The fourth-order valence-electron chi connectivity index (χ4n) is 3.12. The minimum absolute atomic E-state index is 0.0151. The van der Waals surface area contributed by atoms with Crippen LogP contribution in [0.15, 0.2) is 39.6 Å². The van der Waals surface area contributed by atoms with E-state index < -0.39 is 0 Å². The molecule has 3 aromatic rings. The molecule has 0 aliphatic heterocycles. The lowest BCUT2D eigenvalue weighted by atomic mass is 10.1. The molecule has 1 aromatic heterocycles. The van der Waals surface area contributed by atoms with Crippen LogP contribution in [0.2, 0.25) is 5.02 Å². The summed E-state index contributed by atoms with van der Waals surface area (Å²) < 4.78 is 7.75. The van der Waals surface area contributed by atoms with Gasteiger partial charge < -0.3 is 14.2 Å². The van der Waals surface area contributed by atoms with Crippen molar-refractivity contribution in [3.8, 4) is 0 Å². The van der Waals surface area contributed by atoms with Crippen LogP contribution in [0.3, 0.4) is 0 Å². The molecular formula is C19H18BrClN2O3. The molecule has 3 rings (SSSR count). The molecule has 0 spiro atoms. The molecule has 0 saturated heterocycles. The zero-order valence-electron chi connectivity index (χ0n) is 14.7. The molecule has 7 heteroatoms. The molecule has 0 saturated carbocycles. The highest BCUT2D eigenvalue weighted by Crippen LogP contribution is 2.34. The first-order valence-corrected chi connectivity index (χ1v) is 9.29. The molecule has 0 N–H and O–H groups in total. The van der Waals surface area contributed by atoms with Crippen LogP contribution in [0.1, 0.15) is 6.92 Å². The molecule has 5 nitrogen and oxygen atoms in total. The van der Waals surface area contributed by atoms with Crippen molar-refractivity contribution in [1.29, 1.82) is 0 Å². The van der Waals surface area contributed by atoms with Gasteiger partial charge in [-0.15, -0.1) is 0 Å². The number of esters is 1. The van der Waals surface area contributed by atoms with Crippen LogP contribution in [0.5, 0.6) is 0 Å². The van der Waals surface area contributed by atoms with Gasteiger partial charge in [0, 0.05) is 29.3 Å². The van der Waals surface area contributed by atoms with Crippen molar-refractivity contribution in [3.05, 3.63) is 50.1 Å². The van der Waals surface area contributed by atoms with Crippen molar-refractivity contribution in [2.24, 2.45) is 0 Å². The average molecular weight is 438 g/mol. The summed E-state index contributed by atoms with van der Waals surface area (Å²) in [4.78, 5) is 27.1. The number of carbonyl (C=O) groups is 1. The molecule has 0 unspecified atom stereocenters. The van der Waals surface area contributed by atoms with E-state index in [1.165, 1.54) is 0 Å². The van der Waals surface area contributed by atoms with Gasteiger partial charge in [0.25, 0.3) is 0 Å². The summed E-state index contributed by atoms with van der Waals surface area (Å²) in [6, 6.07) is 8.81. The number of hydrogen-bond donors (Lipinski definition) is 0. The number of ether oxygens (including phenoxy) is 1. The van der Waals surface area contributed by atoms with Gasteiger partial charge in [-0.25, -0.2) is 0 Å². The summed E-state index contributed by atoms with van der Waals surface area (Å²) in [5, 5.41) is 1.56. The lowest BCUT2D eigenvalue weighted by Crippen LogP contribution is -2.21. The molecule has 2 aromatic carbocycles. The van der Waals surface area contributed by atoms with E-state index in [1.54, 1.807) is 29.7 Å². The Morgan fingerprint density at radius 2 is 1.92 bits per heavy atom. The second-order valence-corrected chi connectivity index (χ2v) is 7.39. The Morgan fingerprint density at radius 1 is 1.23 bits per heavy atom. The van der Waals surface area contributed by atoms with E-state index in [0.717, 1.165) is 4.47 Å². The van der Waals surface area contributed by atoms with Gasteiger partial charge in [-0.05, 0) is 37.3 Å². The molecule has 0 radical (unpaired) electrons. The number of aromatic nitrogens is 1. The second kappa shape index (κ2) is 7.29. The maximum absolute atomic E-state index is 13.0. The number of nitrogens with zero attached hydrogens (tertiary/aromatic N) is 2. The van der Waals surface area contributed by atoms with Gasteiger partial charge in [-0.1, -0.05) is 27.5 Å².